The molecule has 0 radical (unpaired) electrons. The van der Waals surface area contributed by atoms with E-state index in [2.05, 4.69) is 20.1 Å². The number of nitrogens with zero attached hydrogens (tertiary/aromatic N) is 4. The van der Waals surface area contributed by atoms with E-state index < -0.39 is 5.82 Å². The number of pyridine rings is 1. The first-order valence-corrected chi connectivity index (χ1v) is 12.0. The van der Waals surface area contributed by atoms with Crippen LogP contribution >= 0.6 is 23.2 Å². The number of hydrogen-bond donors (Lipinski definition) is 0. The predicted octanol–water partition coefficient (Wildman–Crippen LogP) is 6.21. The molecule has 2 aromatic heterocycles. The Balaban J connectivity index is 1.07. The lowest BCUT2D eigenvalue weighted by molar-refractivity contribution is 0.283. The molecule has 2 unspecified atom stereocenters. The van der Waals surface area contributed by atoms with E-state index in [-0.39, 0.29) is 11.5 Å². The number of rotatable bonds is 7. The first-order valence-electron chi connectivity index (χ1n) is 11.3. The SMILES string of the molecule is Cc1nnc(-c2ccc(OCCC3CC3C3CCN(c4ncc(Cl)cc4Cl)CC3)cc2F)o1. The molecule has 0 N–H and O–H groups in total. The summed E-state index contributed by atoms with van der Waals surface area (Å²) in [6.45, 7) is 4.18. The number of ether oxygens (including phenoxy) is 1. The Kier molecular flexibility index (Phi) is 6.43. The number of hydrogen-bond acceptors (Lipinski definition) is 6. The van der Waals surface area contributed by atoms with Gasteiger partial charge in [-0.3, -0.25) is 0 Å². The lowest BCUT2D eigenvalue weighted by Gasteiger charge is -2.33. The van der Waals surface area contributed by atoms with Crippen LogP contribution in [0.1, 0.15) is 31.6 Å². The van der Waals surface area contributed by atoms with Crippen LogP contribution in [-0.2, 0) is 0 Å². The maximum Gasteiger partial charge on any atom is 0.250 e. The van der Waals surface area contributed by atoms with Gasteiger partial charge in [-0.2, -0.15) is 0 Å². The summed E-state index contributed by atoms with van der Waals surface area (Å²) in [5.41, 5.74) is 0.284. The average Bonchev–Trinajstić information content (AvgIpc) is 3.44. The van der Waals surface area contributed by atoms with Crippen LogP contribution in [0.4, 0.5) is 10.2 Å². The smallest absolute Gasteiger partial charge is 0.250 e. The van der Waals surface area contributed by atoms with Crippen molar-refractivity contribution in [3.8, 4) is 17.2 Å². The van der Waals surface area contributed by atoms with Crippen molar-refractivity contribution in [3.63, 3.8) is 0 Å². The van der Waals surface area contributed by atoms with E-state index in [4.69, 9.17) is 32.4 Å². The van der Waals surface area contributed by atoms with Crippen molar-refractivity contribution in [1.29, 1.82) is 0 Å². The Morgan fingerprint density at radius 1 is 1.18 bits per heavy atom. The predicted molar refractivity (Wildman–Crippen MR) is 125 cm³/mol. The third kappa shape index (κ3) is 5.09. The van der Waals surface area contributed by atoms with E-state index in [0.29, 0.717) is 34.2 Å². The molecule has 174 valence electrons. The van der Waals surface area contributed by atoms with E-state index in [1.165, 1.54) is 12.5 Å². The Hall–Kier alpha value is -2.38. The van der Waals surface area contributed by atoms with Crippen LogP contribution in [0.15, 0.2) is 34.9 Å². The molecule has 2 atom stereocenters. The van der Waals surface area contributed by atoms with Gasteiger partial charge in [-0.05, 0) is 61.6 Å². The average molecular weight is 491 g/mol. The van der Waals surface area contributed by atoms with Crippen molar-refractivity contribution in [1.82, 2.24) is 15.2 Å². The fraction of sp³-hybridized carbons (Fsp3) is 0.458. The summed E-state index contributed by atoms with van der Waals surface area (Å²) >= 11 is 12.3. The van der Waals surface area contributed by atoms with Crippen molar-refractivity contribution >= 4 is 29.0 Å². The zero-order chi connectivity index (χ0) is 22.9. The van der Waals surface area contributed by atoms with Gasteiger partial charge in [-0.15, -0.1) is 10.2 Å². The number of piperidine rings is 1. The minimum Gasteiger partial charge on any atom is -0.493 e. The molecule has 2 fully saturated rings. The Morgan fingerprint density at radius 3 is 2.70 bits per heavy atom. The van der Waals surface area contributed by atoms with Crippen LogP contribution in [0.25, 0.3) is 11.5 Å². The maximum atomic E-state index is 14.4. The fourth-order valence-corrected chi connectivity index (χ4v) is 5.35. The minimum absolute atomic E-state index is 0.178. The number of benzene rings is 1. The lowest BCUT2D eigenvalue weighted by Crippen LogP contribution is -2.35. The molecule has 3 aromatic rings. The maximum absolute atomic E-state index is 14.4. The Labute approximate surface area is 202 Å². The monoisotopic (exact) mass is 490 g/mol. The summed E-state index contributed by atoms with van der Waals surface area (Å²) in [6.07, 6.45) is 6.17. The molecule has 9 heteroatoms. The van der Waals surface area contributed by atoms with Crippen molar-refractivity contribution in [3.05, 3.63) is 52.2 Å². The molecule has 1 saturated heterocycles. The van der Waals surface area contributed by atoms with E-state index in [1.54, 1.807) is 31.3 Å². The van der Waals surface area contributed by atoms with Gasteiger partial charge in [0.05, 0.1) is 22.2 Å². The second kappa shape index (κ2) is 9.47. The number of halogens is 3. The summed E-state index contributed by atoms with van der Waals surface area (Å²) in [5.74, 6) is 3.67. The normalized spacial score (nSPS) is 20.8. The van der Waals surface area contributed by atoms with Crippen molar-refractivity contribution in [2.45, 2.75) is 32.6 Å². The number of aryl methyl sites for hydroxylation is 1. The Bertz CT molecular complexity index is 1130. The molecule has 1 saturated carbocycles. The fourth-order valence-electron chi connectivity index (χ4n) is 4.85. The van der Waals surface area contributed by atoms with Gasteiger partial charge < -0.3 is 14.1 Å². The molecular formula is C24H25Cl2FN4O2. The van der Waals surface area contributed by atoms with Crippen molar-refractivity contribution < 1.29 is 13.5 Å². The van der Waals surface area contributed by atoms with E-state index in [0.717, 1.165) is 50.0 Å². The van der Waals surface area contributed by atoms with Crippen LogP contribution in [0.5, 0.6) is 5.75 Å². The van der Waals surface area contributed by atoms with Gasteiger partial charge in [-0.1, -0.05) is 23.2 Å². The summed E-state index contributed by atoms with van der Waals surface area (Å²) in [7, 11) is 0. The largest absolute Gasteiger partial charge is 0.493 e. The first-order chi connectivity index (χ1) is 16.0. The highest BCUT2D eigenvalue weighted by molar-refractivity contribution is 6.36. The van der Waals surface area contributed by atoms with Gasteiger partial charge in [0.25, 0.3) is 5.89 Å². The van der Waals surface area contributed by atoms with Gasteiger partial charge in [0.15, 0.2) is 0 Å². The molecule has 33 heavy (non-hydrogen) atoms. The van der Waals surface area contributed by atoms with Crippen LogP contribution in [-0.4, -0.2) is 34.9 Å². The zero-order valence-electron chi connectivity index (χ0n) is 18.3. The topological polar surface area (TPSA) is 64.3 Å². The molecule has 0 amide bonds. The van der Waals surface area contributed by atoms with Gasteiger partial charge in [0.1, 0.15) is 17.4 Å². The van der Waals surface area contributed by atoms with E-state index in [1.807, 2.05) is 0 Å². The van der Waals surface area contributed by atoms with Gasteiger partial charge in [-0.25, -0.2) is 9.37 Å². The molecule has 6 nitrogen and oxygen atoms in total. The second-order valence-electron chi connectivity index (χ2n) is 8.85. The van der Waals surface area contributed by atoms with Gasteiger partial charge in [0, 0.05) is 32.3 Å². The van der Waals surface area contributed by atoms with Crippen LogP contribution in [0, 0.1) is 30.5 Å². The van der Waals surface area contributed by atoms with Crippen LogP contribution in [0.2, 0.25) is 10.0 Å². The molecule has 3 heterocycles. The second-order valence-corrected chi connectivity index (χ2v) is 9.69. The molecule has 2 aliphatic rings. The summed E-state index contributed by atoms with van der Waals surface area (Å²) in [6, 6.07) is 6.49. The standard InChI is InChI=1S/C24H25Cl2FN4O2/c1-14-29-30-24(33-14)19-3-2-18(12-22(19)27)32-9-6-16-10-20(16)15-4-7-31(8-5-15)23-21(26)11-17(25)13-28-23/h2-3,11-13,15-16,20H,4-10H2,1H3. The van der Waals surface area contributed by atoms with Crippen molar-refractivity contribution in [2.24, 2.45) is 17.8 Å². The summed E-state index contributed by atoms with van der Waals surface area (Å²) in [5, 5.41) is 8.78. The molecule has 1 aliphatic carbocycles. The number of anilines is 1. The molecular weight excluding hydrogens is 466 g/mol. The molecule has 0 bridgehead atoms. The number of aromatic nitrogens is 3. The van der Waals surface area contributed by atoms with Gasteiger partial charge in [0.2, 0.25) is 5.89 Å². The molecule has 1 aliphatic heterocycles. The van der Waals surface area contributed by atoms with Crippen LogP contribution < -0.4 is 9.64 Å². The minimum atomic E-state index is -0.428. The van der Waals surface area contributed by atoms with E-state index >= 15 is 0 Å². The van der Waals surface area contributed by atoms with Crippen molar-refractivity contribution in [2.75, 3.05) is 24.6 Å². The Morgan fingerprint density at radius 2 is 2.00 bits per heavy atom. The van der Waals surface area contributed by atoms with E-state index in [9.17, 15) is 4.39 Å². The highest BCUT2D eigenvalue weighted by Gasteiger charge is 2.43. The zero-order valence-corrected chi connectivity index (χ0v) is 19.8. The molecule has 5 rings (SSSR count). The lowest BCUT2D eigenvalue weighted by atomic mass is 9.90. The highest BCUT2D eigenvalue weighted by atomic mass is 35.5. The summed E-state index contributed by atoms with van der Waals surface area (Å²) < 4.78 is 25.5. The quantitative estimate of drug-likeness (QED) is 0.392. The third-order valence-corrected chi connectivity index (χ3v) is 7.15. The van der Waals surface area contributed by atoms with Crippen LogP contribution in [0.3, 0.4) is 0 Å². The molecule has 1 aromatic carbocycles. The first kappa shape index (κ1) is 22.4. The van der Waals surface area contributed by atoms with Gasteiger partial charge >= 0.3 is 0 Å². The highest BCUT2D eigenvalue weighted by Crippen LogP contribution is 2.50. The molecule has 0 spiro atoms. The summed E-state index contributed by atoms with van der Waals surface area (Å²) in [4.78, 5) is 6.66. The third-order valence-electron chi connectivity index (χ3n) is 6.66.